The third kappa shape index (κ3) is 4.82. The van der Waals surface area contributed by atoms with E-state index in [4.69, 9.17) is 5.73 Å². The average molecular weight is 296 g/mol. The fourth-order valence-corrected chi connectivity index (χ4v) is 2.05. The number of hydrogen-bond acceptors (Lipinski definition) is 7. The highest BCUT2D eigenvalue weighted by Gasteiger charge is 2.26. The number of likely N-dealkylation sites (N-methyl/N-ethyl adjacent to an activating group) is 1. The molecule has 0 saturated carbocycles. The van der Waals surface area contributed by atoms with Crippen LogP contribution in [0.15, 0.2) is 0 Å². The number of rotatable bonds is 7. The minimum absolute atomic E-state index is 0.0618. The first-order valence-corrected chi connectivity index (χ1v) is 6.90. The van der Waals surface area contributed by atoms with Crippen LogP contribution >= 0.6 is 0 Å². The van der Waals surface area contributed by atoms with Crippen LogP contribution in [-0.4, -0.2) is 53.5 Å². The molecule has 0 radical (unpaired) electrons. The normalized spacial score (nSPS) is 11.2. The first-order valence-electron chi connectivity index (χ1n) is 6.90. The van der Waals surface area contributed by atoms with Gasteiger partial charge in [-0.15, -0.1) is 0 Å². The summed E-state index contributed by atoms with van der Waals surface area (Å²) >= 11 is 0. The van der Waals surface area contributed by atoms with Crippen molar-refractivity contribution in [2.45, 2.75) is 20.8 Å². The second-order valence-electron chi connectivity index (χ2n) is 5.74. The summed E-state index contributed by atoms with van der Waals surface area (Å²) in [5.41, 5.74) is 5.90. The summed E-state index contributed by atoms with van der Waals surface area (Å²) in [7, 11) is 3.92. The summed E-state index contributed by atoms with van der Waals surface area (Å²) in [6.45, 7) is 7.79. The van der Waals surface area contributed by atoms with E-state index in [0.29, 0.717) is 30.5 Å². The van der Waals surface area contributed by atoms with Gasteiger partial charge >= 0.3 is 5.69 Å². The maximum Gasteiger partial charge on any atom is 0.332 e. The molecule has 0 atom stereocenters. The van der Waals surface area contributed by atoms with Crippen molar-refractivity contribution in [3.8, 4) is 0 Å². The van der Waals surface area contributed by atoms with E-state index in [9.17, 15) is 10.1 Å². The van der Waals surface area contributed by atoms with Gasteiger partial charge in [0.2, 0.25) is 11.8 Å². The first kappa shape index (κ1) is 17.1. The van der Waals surface area contributed by atoms with Gasteiger partial charge < -0.3 is 15.5 Å². The Labute approximate surface area is 125 Å². The molecule has 0 aromatic carbocycles. The Balaban J connectivity index is 3.24. The van der Waals surface area contributed by atoms with Gasteiger partial charge in [0.15, 0.2) is 0 Å². The maximum atomic E-state index is 11.3. The molecule has 1 heterocycles. The summed E-state index contributed by atoms with van der Waals surface area (Å²) in [5, 5.41) is 11.3. The zero-order chi connectivity index (χ0) is 16.2. The van der Waals surface area contributed by atoms with Gasteiger partial charge in [-0.2, -0.15) is 4.98 Å². The molecule has 0 amide bonds. The molecular formula is C13H24N6O2. The summed E-state index contributed by atoms with van der Waals surface area (Å²) in [5.74, 6) is 0.718. The molecule has 0 aliphatic carbocycles. The van der Waals surface area contributed by atoms with E-state index in [0.717, 1.165) is 6.54 Å². The number of aryl methyl sites for hydroxylation is 1. The van der Waals surface area contributed by atoms with E-state index in [1.165, 1.54) is 0 Å². The Morgan fingerprint density at radius 1 is 1.29 bits per heavy atom. The van der Waals surface area contributed by atoms with Crippen molar-refractivity contribution in [1.29, 1.82) is 0 Å². The van der Waals surface area contributed by atoms with Gasteiger partial charge in [-0.3, -0.25) is 10.1 Å². The number of nitro groups is 1. The van der Waals surface area contributed by atoms with Crippen LogP contribution in [0.3, 0.4) is 0 Å². The van der Waals surface area contributed by atoms with E-state index in [1.807, 2.05) is 23.9 Å². The number of nitrogens with two attached hydrogens (primary N) is 1. The van der Waals surface area contributed by atoms with Crippen molar-refractivity contribution >= 4 is 17.5 Å². The van der Waals surface area contributed by atoms with Gasteiger partial charge in [-0.1, -0.05) is 13.8 Å². The van der Waals surface area contributed by atoms with Crippen LogP contribution in [0.1, 0.15) is 19.5 Å². The van der Waals surface area contributed by atoms with Crippen molar-refractivity contribution in [2.75, 3.05) is 44.4 Å². The second kappa shape index (κ2) is 7.16. The second-order valence-corrected chi connectivity index (χ2v) is 5.74. The minimum Gasteiger partial charge on any atom is -0.368 e. The molecule has 118 valence electrons. The fraction of sp³-hybridized carbons (Fsp3) is 0.692. The van der Waals surface area contributed by atoms with Crippen molar-refractivity contribution in [1.82, 2.24) is 14.9 Å². The van der Waals surface area contributed by atoms with Gasteiger partial charge in [0.05, 0.1) is 4.92 Å². The fourth-order valence-electron chi connectivity index (χ4n) is 2.05. The summed E-state index contributed by atoms with van der Waals surface area (Å²) in [4.78, 5) is 22.8. The van der Waals surface area contributed by atoms with Crippen molar-refractivity contribution in [2.24, 2.45) is 5.92 Å². The molecular weight excluding hydrogens is 272 g/mol. The molecule has 1 rings (SSSR count). The molecule has 2 N–H and O–H groups in total. The van der Waals surface area contributed by atoms with Crippen LogP contribution in [0.4, 0.5) is 17.5 Å². The topological polar surface area (TPSA) is 101 Å². The van der Waals surface area contributed by atoms with Crippen molar-refractivity contribution in [3.63, 3.8) is 0 Å². The zero-order valence-electron chi connectivity index (χ0n) is 13.3. The highest BCUT2D eigenvalue weighted by Crippen LogP contribution is 2.29. The van der Waals surface area contributed by atoms with E-state index in [-0.39, 0.29) is 11.6 Å². The molecule has 8 nitrogen and oxygen atoms in total. The SMILES string of the molecule is Cc1nc(N)nc(N(CCN(C)C)CC(C)C)c1[N+](=O)[O-]. The average Bonchev–Trinajstić information content (AvgIpc) is 2.32. The Hall–Kier alpha value is -1.96. The van der Waals surface area contributed by atoms with E-state index >= 15 is 0 Å². The molecule has 0 spiro atoms. The maximum absolute atomic E-state index is 11.3. The van der Waals surface area contributed by atoms with Crippen molar-refractivity contribution < 1.29 is 4.92 Å². The largest absolute Gasteiger partial charge is 0.368 e. The Morgan fingerprint density at radius 3 is 2.38 bits per heavy atom. The predicted molar refractivity (Wildman–Crippen MR) is 83.4 cm³/mol. The predicted octanol–water partition coefficient (Wildman–Crippen LogP) is 1.30. The van der Waals surface area contributed by atoms with E-state index in [2.05, 4.69) is 23.8 Å². The third-order valence-corrected chi connectivity index (χ3v) is 2.94. The number of hydrogen-bond donors (Lipinski definition) is 1. The number of aromatic nitrogens is 2. The Morgan fingerprint density at radius 2 is 1.90 bits per heavy atom. The van der Waals surface area contributed by atoms with Crippen LogP contribution in [0.2, 0.25) is 0 Å². The quantitative estimate of drug-likeness (QED) is 0.597. The molecule has 0 aliphatic heterocycles. The third-order valence-electron chi connectivity index (χ3n) is 2.94. The monoisotopic (exact) mass is 296 g/mol. The standard InChI is InChI=1S/C13H24N6O2/c1-9(2)8-18(7-6-17(4)5)12-11(19(20)21)10(3)15-13(14)16-12/h9H,6-8H2,1-5H3,(H2,14,15,16). The molecule has 1 aromatic heterocycles. The van der Waals surface area contributed by atoms with Crippen LogP contribution in [0, 0.1) is 23.0 Å². The van der Waals surface area contributed by atoms with Gasteiger partial charge in [-0.25, -0.2) is 4.98 Å². The molecule has 0 saturated heterocycles. The molecule has 21 heavy (non-hydrogen) atoms. The smallest absolute Gasteiger partial charge is 0.332 e. The number of anilines is 2. The molecule has 1 aromatic rings. The highest BCUT2D eigenvalue weighted by atomic mass is 16.6. The lowest BCUT2D eigenvalue weighted by atomic mass is 10.2. The Kier molecular flexibility index (Phi) is 5.83. The van der Waals surface area contributed by atoms with E-state index in [1.54, 1.807) is 6.92 Å². The minimum atomic E-state index is -0.437. The lowest BCUT2D eigenvalue weighted by Gasteiger charge is -2.27. The molecule has 8 heteroatoms. The van der Waals surface area contributed by atoms with Gasteiger partial charge in [0.1, 0.15) is 5.69 Å². The summed E-state index contributed by atoms with van der Waals surface area (Å²) < 4.78 is 0. The van der Waals surface area contributed by atoms with Crippen LogP contribution in [0.25, 0.3) is 0 Å². The van der Waals surface area contributed by atoms with Gasteiger partial charge in [0, 0.05) is 19.6 Å². The number of nitrogens with zero attached hydrogens (tertiary/aromatic N) is 5. The molecule has 0 aliphatic rings. The summed E-state index contributed by atoms with van der Waals surface area (Å²) in [6, 6.07) is 0. The lowest BCUT2D eigenvalue weighted by molar-refractivity contribution is -0.385. The van der Waals surface area contributed by atoms with Crippen LogP contribution in [-0.2, 0) is 0 Å². The van der Waals surface area contributed by atoms with E-state index < -0.39 is 4.92 Å². The molecule has 0 unspecified atom stereocenters. The summed E-state index contributed by atoms with van der Waals surface area (Å²) in [6.07, 6.45) is 0. The molecule has 0 bridgehead atoms. The Bertz CT molecular complexity index is 504. The van der Waals surface area contributed by atoms with Crippen molar-refractivity contribution in [3.05, 3.63) is 15.8 Å². The van der Waals surface area contributed by atoms with Gasteiger partial charge in [0.25, 0.3) is 0 Å². The zero-order valence-corrected chi connectivity index (χ0v) is 13.3. The lowest BCUT2D eigenvalue weighted by Crippen LogP contribution is -2.35. The molecule has 0 fully saturated rings. The number of nitrogen functional groups attached to an aromatic ring is 1. The van der Waals surface area contributed by atoms with Crippen LogP contribution < -0.4 is 10.6 Å². The first-order chi connectivity index (χ1) is 9.72. The van der Waals surface area contributed by atoms with Gasteiger partial charge in [-0.05, 0) is 26.9 Å². The van der Waals surface area contributed by atoms with Crippen LogP contribution in [0.5, 0.6) is 0 Å². The highest BCUT2D eigenvalue weighted by molar-refractivity contribution is 5.62.